The highest BCUT2D eigenvalue weighted by Gasteiger charge is 2.37. The summed E-state index contributed by atoms with van der Waals surface area (Å²) in [4.78, 5) is 5.37. The van der Waals surface area contributed by atoms with E-state index in [1.807, 2.05) is 4.90 Å². The van der Waals surface area contributed by atoms with Crippen molar-refractivity contribution in [3.8, 4) is 0 Å². The third kappa shape index (κ3) is 2.79. The monoisotopic (exact) mass is 301 g/mol. The maximum absolute atomic E-state index is 12.9. The Morgan fingerprint density at radius 2 is 2.05 bits per heavy atom. The lowest BCUT2D eigenvalue weighted by molar-refractivity contribution is -0.141. The van der Waals surface area contributed by atoms with E-state index in [9.17, 15) is 13.2 Å². The van der Waals surface area contributed by atoms with E-state index in [-0.39, 0.29) is 17.8 Å². The zero-order valence-corrected chi connectivity index (χ0v) is 11.6. The number of alkyl halides is 3. The number of hydrogen-bond donors (Lipinski definition) is 1. The van der Waals surface area contributed by atoms with Gasteiger partial charge in [0.2, 0.25) is 0 Å². The van der Waals surface area contributed by atoms with Crippen LogP contribution in [0.3, 0.4) is 0 Å². The molecule has 4 nitrogen and oxygen atoms in total. The van der Waals surface area contributed by atoms with Gasteiger partial charge in [0.15, 0.2) is 0 Å². The number of anilines is 2. The summed E-state index contributed by atoms with van der Waals surface area (Å²) in [5, 5.41) is 0. The van der Waals surface area contributed by atoms with Crippen molar-refractivity contribution in [2.75, 3.05) is 23.8 Å². The molecule has 0 bridgehead atoms. The van der Waals surface area contributed by atoms with Crippen molar-refractivity contribution in [2.45, 2.75) is 44.0 Å². The van der Waals surface area contributed by atoms with Crippen LogP contribution in [0, 0.1) is 0 Å². The van der Waals surface area contributed by atoms with Crippen LogP contribution in [0.1, 0.15) is 31.4 Å². The average Bonchev–Trinajstić information content (AvgIpc) is 2.46. The smallest absolute Gasteiger partial charge is 0.396 e. The second kappa shape index (κ2) is 5.36. The summed E-state index contributed by atoms with van der Waals surface area (Å²) in [6.45, 7) is 1.08. The molecule has 2 atom stereocenters. The Kier molecular flexibility index (Phi) is 3.69. The summed E-state index contributed by atoms with van der Waals surface area (Å²) in [6, 6.07) is 1.17. The molecule has 7 heteroatoms. The average molecular weight is 301 g/mol. The van der Waals surface area contributed by atoms with Crippen molar-refractivity contribution < 1.29 is 17.9 Å². The van der Waals surface area contributed by atoms with Gasteiger partial charge in [-0.3, -0.25) is 0 Å². The fraction of sp³-hybridized carbons (Fsp3) is 0.643. The Labute approximate surface area is 121 Å². The van der Waals surface area contributed by atoms with E-state index in [0.29, 0.717) is 18.8 Å². The maximum atomic E-state index is 12.9. The standard InChI is InChI=1S/C14H18F3N3O/c15-14(16,17)13-7-11(9(18)8-19-13)20-5-6-21-12-4-2-1-3-10(12)20/h7-8,10,12H,1-6,18H2. The van der Waals surface area contributed by atoms with E-state index in [2.05, 4.69) is 4.98 Å². The lowest BCUT2D eigenvalue weighted by atomic mass is 9.89. The van der Waals surface area contributed by atoms with Crippen molar-refractivity contribution in [2.24, 2.45) is 0 Å². The van der Waals surface area contributed by atoms with Crippen molar-refractivity contribution >= 4 is 11.4 Å². The summed E-state index contributed by atoms with van der Waals surface area (Å²) in [5.74, 6) is 0. The Morgan fingerprint density at radius 1 is 1.29 bits per heavy atom. The van der Waals surface area contributed by atoms with Gasteiger partial charge in [-0.05, 0) is 18.9 Å². The van der Waals surface area contributed by atoms with Gasteiger partial charge >= 0.3 is 6.18 Å². The first-order valence-electron chi connectivity index (χ1n) is 7.18. The summed E-state index contributed by atoms with van der Waals surface area (Å²) < 4.78 is 44.3. The normalized spacial score (nSPS) is 26.5. The Hall–Kier alpha value is -1.50. The SMILES string of the molecule is Nc1cnc(C(F)(F)F)cc1N1CCOC2CCCCC21. The third-order valence-electron chi connectivity index (χ3n) is 4.24. The highest BCUT2D eigenvalue weighted by atomic mass is 19.4. The van der Waals surface area contributed by atoms with Crippen molar-refractivity contribution in [3.63, 3.8) is 0 Å². The number of pyridine rings is 1. The first-order chi connectivity index (χ1) is 9.97. The topological polar surface area (TPSA) is 51.4 Å². The van der Waals surface area contributed by atoms with E-state index >= 15 is 0 Å². The van der Waals surface area contributed by atoms with Crippen LogP contribution in [0.4, 0.5) is 24.5 Å². The molecular weight excluding hydrogens is 283 g/mol. The number of nitrogens with zero attached hydrogens (tertiary/aromatic N) is 2. The van der Waals surface area contributed by atoms with Crippen LogP contribution in [0.15, 0.2) is 12.3 Å². The molecule has 116 valence electrons. The first-order valence-corrected chi connectivity index (χ1v) is 7.18. The van der Waals surface area contributed by atoms with Crippen LogP contribution in [0.2, 0.25) is 0 Å². The van der Waals surface area contributed by atoms with Gasteiger partial charge in [0.25, 0.3) is 0 Å². The minimum atomic E-state index is -4.46. The van der Waals surface area contributed by atoms with Gasteiger partial charge in [-0.15, -0.1) is 0 Å². The van der Waals surface area contributed by atoms with Crippen molar-refractivity contribution in [1.29, 1.82) is 0 Å². The molecule has 2 N–H and O–H groups in total. The van der Waals surface area contributed by atoms with E-state index in [4.69, 9.17) is 10.5 Å². The van der Waals surface area contributed by atoms with Crippen LogP contribution in [-0.4, -0.2) is 30.3 Å². The number of morpholine rings is 1. The minimum Gasteiger partial charge on any atom is -0.396 e. The quantitative estimate of drug-likeness (QED) is 0.866. The first kappa shape index (κ1) is 14.4. The van der Waals surface area contributed by atoms with Gasteiger partial charge in [0.05, 0.1) is 36.3 Å². The zero-order chi connectivity index (χ0) is 15.0. The van der Waals surface area contributed by atoms with Gasteiger partial charge in [-0.1, -0.05) is 12.8 Å². The van der Waals surface area contributed by atoms with E-state index in [0.717, 1.165) is 37.9 Å². The molecule has 2 unspecified atom stereocenters. The van der Waals surface area contributed by atoms with Gasteiger partial charge in [-0.25, -0.2) is 4.98 Å². The molecule has 2 aliphatic rings. The largest absolute Gasteiger partial charge is 0.433 e. The maximum Gasteiger partial charge on any atom is 0.433 e. The van der Waals surface area contributed by atoms with E-state index in [1.54, 1.807) is 0 Å². The third-order valence-corrected chi connectivity index (χ3v) is 4.24. The van der Waals surface area contributed by atoms with Crippen LogP contribution in [-0.2, 0) is 10.9 Å². The molecule has 3 rings (SSSR count). The number of nitrogen functional groups attached to an aromatic ring is 1. The fourth-order valence-corrected chi connectivity index (χ4v) is 3.25. The van der Waals surface area contributed by atoms with Gasteiger partial charge in [-0.2, -0.15) is 13.2 Å². The number of hydrogen-bond acceptors (Lipinski definition) is 4. The molecule has 0 spiro atoms. The Morgan fingerprint density at radius 3 is 2.81 bits per heavy atom. The van der Waals surface area contributed by atoms with Crippen LogP contribution >= 0.6 is 0 Å². The van der Waals surface area contributed by atoms with E-state index in [1.165, 1.54) is 0 Å². The molecule has 2 heterocycles. The van der Waals surface area contributed by atoms with Crippen molar-refractivity contribution in [1.82, 2.24) is 4.98 Å². The molecule has 0 amide bonds. The van der Waals surface area contributed by atoms with Gasteiger partial charge in [0.1, 0.15) is 5.69 Å². The molecule has 1 aromatic rings. The Balaban J connectivity index is 1.94. The number of fused-ring (bicyclic) bond motifs is 1. The molecule has 0 radical (unpaired) electrons. The number of aromatic nitrogens is 1. The lowest BCUT2D eigenvalue weighted by Gasteiger charge is -2.45. The molecule has 21 heavy (non-hydrogen) atoms. The molecule has 2 fully saturated rings. The number of rotatable bonds is 1. The summed E-state index contributed by atoms with van der Waals surface area (Å²) in [7, 11) is 0. The molecule has 1 saturated carbocycles. The number of nitrogens with two attached hydrogens (primary N) is 1. The molecule has 1 saturated heterocycles. The predicted molar refractivity (Wildman–Crippen MR) is 73.0 cm³/mol. The second-order valence-corrected chi connectivity index (χ2v) is 5.58. The van der Waals surface area contributed by atoms with Crippen LogP contribution < -0.4 is 10.6 Å². The highest BCUT2D eigenvalue weighted by Crippen LogP contribution is 2.37. The molecule has 1 aliphatic heterocycles. The zero-order valence-electron chi connectivity index (χ0n) is 11.6. The van der Waals surface area contributed by atoms with Crippen LogP contribution in [0.5, 0.6) is 0 Å². The Bertz CT molecular complexity index is 519. The molecule has 1 aromatic heterocycles. The minimum absolute atomic E-state index is 0.0920. The fourth-order valence-electron chi connectivity index (χ4n) is 3.25. The van der Waals surface area contributed by atoms with Gasteiger partial charge < -0.3 is 15.4 Å². The second-order valence-electron chi connectivity index (χ2n) is 5.58. The summed E-state index contributed by atoms with van der Waals surface area (Å²) in [6.07, 6.45) is 0.791. The van der Waals surface area contributed by atoms with Gasteiger partial charge in [0, 0.05) is 6.54 Å². The van der Waals surface area contributed by atoms with Crippen LogP contribution in [0.25, 0.3) is 0 Å². The lowest BCUT2D eigenvalue weighted by Crippen LogP contribution is -2.53. The molecule has 1 aliphatic carbocycles. The molecular formula is C14H18F3N3O. The predicted octanol–water partition coefficient (Wildman–Crippen LogP) is 2.83. The van der Waals surface area contributed by atoms with E-state index < -0.39 is 11.9 Å². The van der Waals surface area contributed by atoms with Crippen molar-refractivity contribution in [3.05, 3.63) is 18.0 Å². The number of ether oxygens (including phenoxy) is 1. The number of halogens is 3. The highest BCUT2D eigenvalue weighted by molar-refractivity contribution is 5.68. The molecule has 0 aromatic carbocycles. The summed E-state index contributed by atoms with van der Waals surface area (Å²) in [5.41, 5.74) is 5.69. The summed E-state index contributed by atoms with van der Waals surface area (Å²) >= 11 is 0.